The van der Waals surface area contributed by atoms with Crippen LogP contribution in [0.5, 0.6) is 0 Å². The van der Waals surface area contributed by atoms with E-state index >= 15 is 0 Å². The molecule has 1 aliphatic carbocycles. The molecule has 5 nitrogen and oxygen atoms in total. The fraction of sp³-hybridized carbons (Fsp3) is 0.0556. The molecule has 0 fully saturated rings. The fourth-order valence-corrected chi connectivity index (χ4v) is 8.21. The maximum absolute atomic E-state index is 9.75. The van der Waals surface area contributed by atoms with Gasteiger partial charge in [-0.05, 0) is 81.9 Å². The van der Waals surface area contributed by atoms with Crippen LogP contribution >= 0.6 is 0 Å². The standard InChI is InChI=1S/C54H37N5/c1-54(2)46-27-35(34-55)23-25-44(46)45-26-24-40(31-47(45)54)41-28-42(50-32-48(36-15-7-3-8-16-36)56-52(58-50)38-19-11-5-12-20-38)30-43(29-41)51-33-49(37-17-9-4-10-18-37)57-53(59-51)39-21-13-6-14-22-39/h3-33H,1-2H3. The Balaban J connectivity index is 1.21. The molecule has 0 bridgehead atoms. The Morgan fingerprint density at radius 2 is 0.746 bits per heavy atom. The second-order valence-electron chi connectivity index (χ2n) is 15.4. The van der Waals surface area contributed by atoms with Crippen LogP contribution in [-0.2, 0) is 5.41 Å². The minimum absolute atomic E-state index is 0.294. The molecule has 2 heterocycles. The zero-order chi connectivity index (χ0) is 39.9. The van der Waals surface area contributed by atoms with Crippen molar-refractivity contribution in [2.75, 3.05) is 0 Å². The van der Waals surface area contributed by atoms with E-state index in [2.05, 4.69) is 123 Å². The highest BCUT2D eigenvalue weighted by Crippen LogP contribution is 2.50. The van der Waals surface area contributed by atoms with Crippen molar-refractivity contribution < 1.29 is 0 Å². The number of aromatic nitrogens is 4. The van der Waals surface area contributed by atoms with Crippen LogP contribution in [0.2, 0.25) is 0 Å². The largest absolute Gasteiger partial charge is 0.228 e. The van der Waals surface area contributed by atoms with Gasteiger partial charge in [0.15, 0.2) is 11.6 Å². The van der Waals surface area contributed by atoms with Gasteiger partial charge in [-0.1, -0.05) is 153 Å². The van der Waals surface area contributed by atoms with Gasteiger partial charge < -0.3 is 0 Å². The number of benzene rings is 7. The number of hydrogen-bond donors (Lipinski definition) is 0. The molecule has 0 spiro atoms. The van der Waals surface area contributed by atoms with Gasteiger partial charge in [0, 0.05) is 38.8 Å². The van der Waals surface area contributed by atoms with Crippen LogP contribution in [0.1, 0.15) is 30.5 Å². The smallest absolute Gasteiger partial charge is 0.160 e. The quantitative estimate of drug-likeness (QED) is 0.162. The minimum Gasteiger partial charge on any atom is -0.228 e. The van der Waals surface area contributed by atoms with Crippen molar-refractivity contribution in [3.8, 4) is 96.1 Å². The lowest BCUT2D eigenvalue weighted by molar-refractivity contribution is 0.660. The molecule has 0 N–H and O–H groups in total. The maximum Gasteiger partial charge on any atom is 0.160 e. The van der Waals surface area contributed by atoms with E-state index < -0.39 is 0 Å². The van der Waals surface area contributed by atoms with Crippen molar-refractivity contribution in [3.05, 3.63) is 205 Å². The van der Waals surface area contributed by atoms with Crippen LogP contribution in [0, 0.1) is 11.3 Å². The topological polar surface area (TPSA) is 75.3 Å². The van der Waals surface area contributed by atoms with Crippen molar-refractivity contribution >= 4 is 0 Å². The summed E-state index contributed by atoms with van der Waals surface area (Å²) in [5.74, 6) is 1.31. The zero-order valence-corrected chi connectivity index (χ0v) is 32.6. The van der Waals surface area contributed by atoms with Crippen molar-refractivity contribution in [2.24, 2.45) is 0 Å². The third kappa shape index (κ3) is 6.67. The third-order valence-electron chi connectivity index (χ3n) is 11.3. The average Bonchev–Trinajstić information content (AvgIpc) is 3.54. The minimum atomic E-state index is -0.294. The Labute approximate surface area is 344 Å². The van der Waals surface area contributed by atoms with Gasteiger partial charge in [-0.15, -0.1) is 0 Å². The molecular formula is C54H37N5. The second-order valence-corrected chi connectivity index (χ2v) is 15.4. The highest BCUT2D eigenvalue weighted by Gasteiger charge is 2.36. The van der Waals surface area contributed by atoms with Crippen molar-refractivity contribution in [3.63, 3.8) is 0 Å². The van der Waals surface area contributed by atoms with Crippen LogP contribution in [-0.4, -0.2) is 19.9 Å². The summed E-state index contributed by atoms with van der Waals surface area (Å²) in [5, 5.41) is 9.75. The van der Waals surface area contributed by atoms with Crippen LogP contribution in [0.25, 0.3) is 90.1 Å². The third-order valence-corrected chi connectivity index (χ3v) is 11.3. The first-order chi connectivity index (χ1) is 28.9. The van der Waals surface area contributed by atoms with E-state index in [0.717, 1.165) is 67.3 Å². The Morgan fingerprint density at radius 1 is 0.356 bits per heavy atom. The number of hydrogen-bond acceptors (Lipinski definition) is 5. The molecule has 0 radical (unpaired) electrons. The van der Waals surface area contributed by atoms with Gasteiger partial charge in [-0.25, -0.2) is 19.9 Å². The molecule has 0 saturated carbocycles. The number of rotatable bonds is 7. The normalized spacial score (nSPS) is 12.4. The molecule has 5 heteroatoms. The first-order valence-corrected chi connectivity index (χ1v) is 19.8. The molecular weight excluding hydrogens is 719 g/mol. The molecule has 9 aromatic rings. The molecule has 0 amide bonds. The molecule has 0 aliphatic heterocycles. The summed E-state index contributed by atoms with van der Waals surface area (Å²) in [7, 11) is 0. The van der Waals surface area contributed by atoms with Gasteiger partial charge in [-0.2, -0.15) is 5.26 Å². The van der Waals surface area contributed by atoms with E-state index in [1.54, 1.807) is 0 Å². The van der Waals surface area contributed by atoms with E-state index in [0.29, 0.717) is 17.2 Å². The summed E-state index contributed by atoms with van der Waals surface area (Å²) in [4.78, 5) is 20.7. The predicted octanol–water partition coefficient (Wildman–Crippen LogP) is 13.1. The maximum atomic E-state index is 9.75. The molecule has 278 valence electrons. The SMILES string of the molecule is CC1(C)c2cc(C#N)ccc2-c2ccc(-c3cc(-c4cc(-c5ccccc5)nc(-c5ccccc5)n4)cc(-c4cc(-c5ccccc5)nc(-c5ccccc5)n4)c3)cc21. The molecule has 0 saturated heterocycles. The van der Waals surface area contributed by atoms with E-state index in [9.17, 15) is 5.26 Å². The Hall–Kier alpha value is -7.81. The summed E-state index contributed by atoms with van der Waals surface area (Å²) in [5.41, 5.74) is 16.4. The Morgan fingerprint density at radius 3 is 1.20 bits per heavy atom. The second kappa shape index (κ2) is 14.6. The number of nitriles is 1. The van der Waals surface area contributed by atoms with Gasteiger partial charge in [0.2, 0.25) is 0 Å². The number of fused-ring (bicyclic) bond motifs is 3. The van der Waals surface area contributed by atoms with E-state index in [1.807, 2.05) is 84.9 Å². The Kier molecular flexibility index (Phi) is 8.81. The van der Waals surface area contributed by atoms with Gasteiger partial charge in [0.25, 0.3) is 0 Å². The lowest BCUT2D eigenvalue weighted by Gasteiger charge is -2.22. The molecule has 0 atom stereocenters. The van der Waals surface area contributed by atoms with E-state index in [4.69, 9.17) is 19.9 Å². The van der Waals surface area contributed by atoms with Crippen molar-refractivity contribution in [1.29, 1.82) is 5.26 Å². The first-order valence-electron chi connectivity index (χ1n) is 19.8. The van der Waals surface area contributed by atoms with Gasteiger partial charge in [-0.3, -0.25) is 0 Å². The summed E-state index contributed by atoms with van der Waals surface area (Å²) in [6.07, 6.45) is 0. The van der Waals surface area contributed by atoms with E-state index in [-0.39, 0.29) is 5.41 Å². The van der Waals surface area contributed by atoms with Crippen LogP contribution in [0.15, 0.2) is 188 Å². The van der Waals surface area contributed by atoms with Gasteiger partial charge in [0.05, 0.1) is 34.4 Å². The summed E-state index contributed by atoms with van der Waals surface area (Å²) < 4.78 is 0. The van der Waals surface area contributed by atoms with Crippen LogP contribution in [0.4, 0.5) is 0 Å². The summed E-state index contributed by atoms with van der Waals surface area (Å²) >= 11 is 0. The average molecular weight is 756 g/mol. The molecule has 1 aliphatic rings. The Bertz CT molecular complexity index is 2800. The lowest BCUT2D eigenvalue weighted by atomic mass is 9.81. The summed E-state index contributed by atoms with van der Waals surface area (Å²) in [6, 6.07) is 66.8. The highest BCUT2D eigenvalue weighted by molar-refractivity contribution is 5.87. The van der Waals surface area contributed by atoms with Crippen molar-refractivity contribution in [1.82, 2.24) is 19.9 Å². The van der Waals surface area contributed by atoms with Crippen LogP contribution in [0.3, 0.4) is 0 Å². The highest BCUT2D eigenvalue weighted by atomic mass is 14.9. The fourth-order valence-electron chi connectivity index (χ4n) is 8.21. The molecule has 7 aromatic carbocycles. The lowest BCUT2D eigenvalue weighted by Crippen LogP contribution is -2.15. The molecule has 10 rings (SSSR count). The molecule has 2 aromatic heterocycles. The molecule has 59 heavy (non-hydrogen) atoms. The van der Waals surface area contributed by atoms with Gasteiger partial charge >= 0.3 is 0 Å². The zero-order valence-electron chi connectivity index (χ0n) is 32.6. The monoisotopic (exact) mass is 755 g/mol. The number of nitrogens with zero attached hydrogens (tertiary/aromatic N) is 5. The van der Waals surface area contributed by atoms with Crippen LogP contribution < -0.4 is 0 Å². The first kappa shape index (κ1) is 35.6. The van der Waals surface area contributed by atoms with Gasteiger partial charge in [0.1, 0.15) is 0 Å². The van der Waals surface area contributed by atoms with Crippen molar-refractivity contribution in [2.45, 2.75) is 19.3 Å². The molecule has 0 unspecified atom stereocenters. The predicted molar refractivity (Wildman–Crippen MR) is 238 cm³/mol. The van der Waals surface area contributed by atoms with E-state index in [1.165, 1.54) is 22.3 Å². The summed E-state index contributed by atoms with van der Waals surface area (Å²) in [6.45, 7) is 4.50.